The molecule has 1 fully saturated rings. The highest BCUT2D eigenvalue weighted by molar-refractivity contribution is 5.66. The Morgan fingerprint density at radius 3 is 2.61 bits per heavy atom. The largest absolute Gasteiger partial charge is 0.454 e. The summed E-state index contributed by atoms with van der Waals surface area (Å²) in [4.78, 5) is 10.9. The number of rotatable bonds is 5. The molecular weight excluding hydrogens is 244 g/mol. The third kappa shape index (κ3) is 3.50. The molecule has 0 aliphatic carbocycles. The van der Waals surface area contributed by atoms with E-state index in [4.69, 9.17) is 19.3 Å². The van der Waals surface area contributed by atoms with Crippen molar-refractivity contribution in [2.45, 2.75) is 37.6 Å². The Bertz CT molecular complexity index is 293. The van der Waals surface area contributed by atoms with Crippen LogP contribution in [0.15, 0.2) is 12.7 Å². The second-order valence-electron chi connectivity index (χ2n) is 3.90. The first-order chi connectivity index (χ1) is 8.51. The summed E-state index contributed by atoms with van der Waals surface area (Å²) in [6, 6.07) is 0. The van der Waals surface area contributed by atoms with E-state index >= 15 is 0 Å². The average molecular weight is 262 g/mol. The fraction of sp³-hybridized carbons (Fsp3) is 0.727. The Balaban J connectivity index is 2.82. The Morgan fingerprint density at radius 1 is 1.44 bits per heavy atom. The second-order valence-corrected chi connectivity index (χ2v) is 3.90. The van der Waals surface area contributed by atoms with Gasteiger partial charge >= 0.3 is 5.97 Å². The Labute approximate surface area is 105 Å². The van der Waals surface area contributed by atoms with Gasteiger partial charge < -0.3 is 29.5 Å². The molecule has 0 saturated carbocycles. The summed E-state index contributed by atoms with van der Waals surface area (Å²) in [7, 11) is 0. The standard InChI is InChI=1S/C11H18O7/c1-3-4-16-9-8(14)7(5-12)18-11(15)10(9)17-6(2)13/h3,7-12,14-15H,1,4-5H2,2H3/t7-,8-,9+,10+,11-/m1/s1. The molecule has 0 bridgehead atoms. The first-order valence-corrected chi connectivity index (χ1v) is 5.53. The van der Waals surface area contributed by atoms with Gasteiger partial charge in [0.2, 0.25) is 0 Å². The molecule has 0 aromatic carbocycles. The van der Waals surface area contributed by atoms with Crippen LogP contribution in [0.3, 0.4) is 0 Å². The number of carbonyl (C=O) groups is 1. The van der Waals surface area contributed by atoms with E-state index in [1.54, 1.807) is 0 Å². The first-order valence-electron chi connectivity index (χ1n) is 5.53. The summed E-state index contributed by atoms with van der Waals surface area (Å²) in [6.07, 6.45) is -4.38. The van der Waals surface area contributed by atoms with E-state index in [2.05, 4.69) is 6.58 Å². The summed E-state index contributed by atoms with van der Waals surface area (Å²) in [5, 5.41) is 28.6. The Hall–Kier alpha value is -0.990. The predicted octanol–water partition coefficient (Wildman–Crippen LogP) is -1.44. The molecule has 0 spiro atoms. The van der Waals surface area contributed by atoms with E-state index in [0.29, 0.717) is 0 Å². The molecule has 0 aromatic rings. The molecule has 1 aliphatic rings. The molecule has 5 atom stereocenters. The van der Waals surface area contributed by atoms with Crippen molar-refractivity contribution in [1.82, 2.24) is 0 Å². The van der Waals surface area contributed by atoms with Gasteiger partial charge in [0.25, 0.3) is 0 Å². The van der Waals surface area contributed by atoms with Crippen molar-refractivity contribution in [3.8, 4) is 0 Å². The lowest BCUT2D eigenvalue weighted by molar-refractivity contribution is -0.296. The average Bonchev–Trinajstić information content (AvgIpc) is 2.32. The van der Waals surface area contributed by atoms with Crippen molar-refractivity contribution >= 4 is 5.97 Å². The van der Waals surface area contributed by atoms with Gasteiger partial charge in [-0.05, 0) is 0 Å². The molecule has 0 amide bonds. The van der Waals surface area contributed by atoms with Crippen molar-refractivity contribution < 1.29 is 34.3 Å². The van der Waals surface area contributed by atoms with Crippen molar-refractivity contribution in [3.05, 3.63) is 12.7 Å². The molecule has 0 radical (unpaired) electrons. The minimum atomic E-state index is -1.47. The monoisotopic (exact) mass is 262 g/mol. The maximum atomic E-state index is 10.9. The molecule has 1 heterocycles. The van der Waals surface area contributed by atoms with Gasteiger partial charge in [0.05, 0.1) is 13.2 Å². The molecule has 0 aromatic heterocycles. The maximum absolute atomic E-state index is 10.9. The topological polar surface area (TPSA) is 105 Å². The summed E-state index contributed by atoms with van der Waals surface area (Å²) >= 11 is 0. The van der Waals surface area contributed by atoms with Crippen LogP contribution in [0, 0.1) is 0 Å². The summed E-state index contributed by atoms with van der Waals surface area (Å²) < 4.78 is 15.1. The van der Waals surface area contributed by atoms with Gasteiger partial charge in [-0.25, -0.2) is 0 Å². The highest BCUT2D eigenvalue weighted by Crippen LogP contribution is 2.24. The SMILES string of the molecule is C=CCO[C@H]1[C@H](O)[C@@H](CO)O[C@@H](O)[C@H]1OC(C)=O. The molecule has 104 valence electrons. The molecule has 18 heavy (non-hydrogen) atoms. The van der Waals surface area contributed by atoms with Gasteiger partial charge in [-0.2, -0.15) is 0 Å². The van der Waals surface area contributed by atoms with Gasteiger partial charge in [-0.3, -0.25) is 4.79 Å². The third-order valence-electron chi connectivity index (χ3n) is 2.53. The van der Waals surface area contributed by atoms with Crippen LogP contribution in [-0.4, -0.2) is 65.2 Å². The predicted molar refractivity (Wildman–Crippen MR) is 59.5 cm³/mol. The van der Waals surface area contributed by atoms with Crippen molar-refractivity contribution in [2.75, 3.05) is 13.2 Å². The van der Waals surface area contributed by atoms with Crippen LogP contribution in [0.1, 0.15) is 6.92 Å². The fourth-order valence-electron chi connectivity index (χ4n) is 1.75. The Morgan fingerprint density at radius 2 is 2.11 bits per heavy atom. The molecule has 1 saturated heterocycles. The van der Waals surface area contributed by atoms with E-state index < -0.39 is 43.3 Å². The number of aliphatic hydroxyl groups excluding tert-OH is 3. The second kappa shape index (κ2) is 6.81. The third-order valence-corrected chi connectivity index (χ3v) is 2.53. The van der Waals surface area contributed by atoms with Crippen LogP contribution in [0.2, 0.25) is 0 Å². The first kappa shape index (κ1) is 15.1. The molecule has 7 heteroatoms. The molecule has 1 aliphatic heterocycles. The van der Waals surface area contributed by atoms with Crippen LogP contribution in [0.5, 0.6) is 0 Å². The number of hydrogen-bond acceptors (Lipinski definition) is 7. The van der Waals surface area contributed by atoms with Crippen LogP contribution in [0.4, 0.5) is 0 Å². The lowest BCUT2D eigenvalue weighted by Crippen LogP contribution is -2.60. The zero-order valence-corrected chi connectivity index (χ0v) is 10.1. The van der Waals surface area contributed by atoms with Crippen LogP contribution < -0.4 is 0 Å². The van der Waals surface area contributed by atoms with E-state index in [1.165, 1.54) is 13.0 Å². The molecular formula is C11H18O7. The van der Waals surface area contributed by atoms with Gasteiger partial charge in [0, 0.05) is 6.92 Å². The normalized spacial score (nSPS) is 36.1. The number of esters is 1. The van der Waals surface area contributed by atoms with E-state index in [0.717, 1.165) is 0 Å². The van der Waals surface area contributed by atoms with Gasteiger partial charge in [-0.1, -0.05) is 6.08 Å². The number of ether oxygens (including phenoxy) is 3. The molecule has 3 N–H and O–H groups in total. The zero-order chi connectivity index (χ0) is 13.7. The van der Waals surface area contributed by atoms with Crippen LogP contribution in [0.25, 0.3) is 0 Å². The van der Waals surface area contributed by atoms with E-state index in [-0.39, 0.29) is 6.61 Å². The number of carbonyl (C=O) groups excluding carboxylic acids is 1. The minimum Gasteiger partial charge on any atom is -0.454 e. The minimum absolute atomic E-state index is 0.102. The number of hydrogen-bond donors (Lipinski definition) is 3. The van der Waals surface area contributed by atoms with Gasteiger partial charge in [0.15, 0.2) is 12.4 Å². The van der Waals surface area contributed by atoms with E-state index in [9.17, 15) is 15.0 Å². The lowest BCUT2D eigenvalue weighted by Gasteiger charge is -2.41. The summed E-state index contributed by atoms with van der Waals surface area (Å²) in [5.74, 6) is -0.635. The molecule has 0 unspecified atom stereocenters. The van der Waals surface area contributed by atoms with Crippen LogP contribution >= 0.6 is 0 Å². The van der Waals surface area contributed by atoms with Crippen LogP contribution in [-0.2, 0) is 19.0 Å². The maximum Gasteiger partial charge on any atom is 0.303 e. The number of aliphatic hydroxyl groups is 3. The van der Waals surface area contributed by atoms with Crippen molar-refractivity contribution in [3.63, 3.8) is 0 Å². The van der Waals surface area contributed by atoms with Gasteiger partial charge in [0.1, 0.15) is 18.3 Å². The van der Waals surface area contributed by atoms with Crippen molar-refractivity contribution in [2.24, 2.45) is 0 Å². The summed E-state index contributed by atoms with van der Waals surface area (Å²) in [5.41, 5.74) is 0. The zero-order valence-electron chi connectivity index (χ0n) is 10.1. The quantitative estimate of drug-likeness (QED) is 0.411. The van der Waals surface area contributed by atoms with E-state index in [1.807, 2.05) is 0 Å². The molecule has 1 rings (SSSR count). The fourth-order valence-corrected chi connectivity index (χ4v) is 1.75. The smallest absolute Gasteiger partial charge is 0.303 e. The highest BCUT2D eigenvalue weighted by Gasteiger charge is 2.47. The van der Waals surface area contributed by atoms with Crippen molar-refractivity contribution in [1.29, 1.82) is 0 Å². The molecule has 7 nitrogen and oxygen atoms in total. The summed E-state index contributed by atoms with van der Waals surface area (Å²) in [6.45, 7) is 4.24. The van der Waals surface area contributed by atoms with Gasteiger partial charge in [-0.15, -0.1) is 6.58 Å². The Kier molecular flexibility index (Phi) is 5.70. The lowest BCUT2D eigenvalue weighted by atomic mass is 9.99. The highest BCUT2D eigenvalue weighted by atomic mass is 16.7.